The zero-order valence-electron chi connectivity index (χ0n) is 9.62. The second-order valence-electron chi connectivity index (χ2n) is 4.06. The molecule has 18 heavy (non-hydrogen) atoms. The Balaban J connectivity index is 2.15. The van der Waals surface area contributed by atoms with Crippen molar-refractivity contribution in [1.29, 1.82) is 0 Å². The van der Waals surface area contributed by atoms with Crippen LogP contribution in [-0.4, -0.2) is 43.0 Å². The molecule has 2 rings (SSSR count). The van der Waals surface area contributed by atoms with Crippen molar-refractivity contribution in [2.45, 2.75) is 18.1 Å². The lowest BCUT2D eigenvalue weighted by Crippen LogP contribution is -2.36. The first-order valence-electron chi connectivity index (χ1n) is 5.37. The minimum absolute atomic E-state index is 0.00880. The number of hydrogen-bond donors (Lipinski definition) is 2. The van der Waals surface area contributed by atoms with Crippen LogP contribution in [0.2, 0.25) is 0 Å². The molecule has 0 radical (unpaired) electrons. The van der Waals surface area contributed by atoms with Gasteiger partial charge in [-0.2, -0.15) is 0 Å². The first-order chi connectivity index (χ1) is 8.50. The first kappa shape index (κ1) is 13.1. The van der Waals surface area contributed by atoms with Crippen LogP contribution in [0.15, 0.2) is 18.5 Å². The molecule has 5 nitrogen and oxygen atoms in total. The van der Waals surface area contributed by atoms with E-state index in [0.717, 1.165) is 10.5 Å². The molecule has 2 N–H and O–H groups in total. The average Bonchev–Trinajstić information content (AvgIpc) is 2.91. The normalized spacial score (nSPS) is 21.4. The van der Waals surface area contributed by atoms with Gasteiger partial charge in [-0.1, -0.05) is 30.9 Å². The van der Waals surface area contributed by atoms with Gasteiger partial charge in [-0.25, -0.2) is 0 Å². The van der Waals surface area contributed by atoms with Crippen LogP contribution in [0.25, 0.3) is 0 Å². The van der Waals surface area contributed by atoms with E-state index < -0.39 is 5.97 Å². The van der Waals surface area contributed by atoms with E-state index in [0.29, 0.717) is 4.32 Å². The maximum atomic E-state index is 12.1. The van der Waals surface area contributed by atoms with Gasteiger partial charge in [0.2, 0.25) is 5.91 Å². The molecule has 1 saturated heterocycles. The number of thioether (sulfide) groups is 1. The Morgan fingerprint density at radius 2 is 2.44 bits per heavy atom. The van der Waals surface area contributed by atoms with Crippen LogP contribution < -0.4 is 0 Å². The van der Waals surface area contributed by atoms with E-state index in [4.69, 9.17) is 17.3 Å². The zero-order chi connectivity index (χ0) is 13.3. The van der Waals surface area contributed by atoms with Crippen molar-refractivity contribution >= 4 is 40.2 Å². The van der Waals surface area contributed by atoms with Crippen molar-refractivity contribution in [3.8, 4) is 0 Å². The van der Waals surface area contributed by atoms with Gasteiger partial charge in [0.25, 0.3) is 0 Å². The molecule has 1 aliphatic rings. The lowest BCUT2D eigenvalue weighted by atomic mass is 9.99. The summed E-state index contributed by atoms with van der Waals surface area (Å²) in [5.41, 5.74) is 1.01. The van der Waals surface area contributed by atoms with Gasteiger partial charge in [0.1, 0.15) is 10.9 Å². The molecule has 1 amide bonds. The fraction of sp³-hybridized carbons (Fsp3) is 0.364. The van der Waals surface area contributed by atoms with Crippen LogP contribution in [0.5, 0.6) is 0 Å². The number of nitrogens with one attached hydrogen (secondary N) is 1. The smallest absolute Gasteiger partial charge is 0.323 e. The van der Waals surface area contributed by atoms with E-state index in [9.17, 15) is 9.59 Å². The topological polar surface area (TPSA) is 73.4 Å². The highest BCUT2D eigenvalue weighted by molar-refractivity contribution is 8.24. The molecular weight excluding hydrogens is 272 g/mol. The second kappa shape index (κ2) is 5.11. The van der Waals surface area contributed by atoms with Crippen molar-refractivity contribution in [1.82, 2.24) is 9.88 Å². The number of nitrogens with zero attached hydrogens (tertiary/aromatic N) is 1. The zero-order valence-corrected chi connectivity index (χ0v) is 11.3. The fourth-order valence-corrected chi connectivity index (χ4v) is 3.41. The lowest BCUT2D eigenvalue weighted by Gasteiger charge is -2.16. The van der Waals surface area contributed by atoms with Gasteiger partial charge in [-0.3, -0.25) is 14.5 Å². The number of H-pyrrole nitrogens is 1. The Bertz CT molecular complexity index is 486. The molecule has 0 aliphatic carbocycles. The molecule has 0 aromatic carbocycles. The maximum absolute atomic E-state index is 12.1. The van der Waals surface area contributed by atoms with Gasteiger partial charge < -0.3 is 10.1 Å². The number of hydrogen-bond acceptors (Lipinski definition) is 4. The summed E-state index contributed by atoms with van der Waals surface area (Å²) in [4.78, 5) is 26.9. The van der Waals surface area contributed by atoms with Crippen LogP contribution in [0.4, 0.5) is 0 Å². The summed E-state index contributed by atoms with van der Waals surface area (Å²) in [5.74, 6) is -1.28. The summed E-state index contributed by atoms with van der Waals surface area (Å²) < 4.78 is 0.342. The van der Waals surface area contributed by atoms with Crippen LogP contribution >= 0.6 is 24.0 Å². The fourth-order valence-electron chi connectivity index (χ4n) is 1.85. The van der Waals surface area contributed by atoms with Crippen LogP contribution in [0, 0.1) is 0 Å². The number of carboxylic acid groups (broad SMARTS) is 1. The van der Waals surface area contributed by atoms with Gasteiger partial charge in [0.15, 0.2) is 0 Å². The van der Waals surface area contributed by atoms with Gasteiger partial charge in [0, 0.05) is 18.3 Å². The molecule has 0 spiro atoms. The first-order valence-corrected chi connectivity index (χ1v) is 6.66. The third-order valence-corrected chi connectivity index (χ3v) is 4.65. The summed E-state index contributed by atoms with van der Waals surface area (Å²) in [6.07, 6.45) is 3.63. The van der Waals surface area contributed by atoms with Gasteiger partial charge in [0.05, 0.1) is 5.25 Å². The minimum atomic E-state index is -1.05. The van der Waals surface area contributed by atoms with E-state index in [2.05, 4.69) is 4.98 Å². The van der Waals surface area contributed by atoms with E-state index in [1.165, 1.54) is 11.8 Å². The Hall–Kier alpha value is -1.34. The van der Waals surface area contributed by atoms with Crippen LogP contribution in [0.1, 0.15) is 18.4 Å². The molecular formula is C11H12N2O3S2. The maximum Gasteiger partial charge on any atom is 0.323 e. The summed E-state index contributed by atoms with van der Waals surface area (Å²) in [7, 11) is 0. The number of carbonyl (C=O) groups excluding carboxylic acids is 1. The van der Waals surface area contributed by atoms with Gasteiger partial charge in [-0.05, 0) is 11.6 Å². The SMILES string of the molecule is CC(c1cc[nH]c1)C1SC(=S)N(CC(=O)O)C1=O. The molecule has 2 atom stereocenters. The van der Waals surface area contributed by atoms with Gasteiger partial charge >= 0.3 is 5.97 Å². The van der Waals surface area contributed by atoms with E-state index in [1.54, 1.807) is 6.20 Å². The molecule has 2 heterocycles. The molecule has 7 heteroatoms. The van der Waals surface area contributed by atoms with E-state index in [-0.39, 0.29) is 23.6 Å². The Labute approximate surface area is 114 Å². The van der Waals surface area contributed by atoms with Crippen molar-refractivity contribution < 1.29 is 14.7 Å². The molecule has 0 saturated carbocycles. The predicted molar refractivity (Wildman–Crippen MR) is 72.5 cm³/mol. The van der Waals surface area contributed by atoms with Gasteiger partial charge in [-0.15, -0.1) is 0 Å². The Morgan fingerprint density at radius 3 is 3.00 bits per heavy atom. The minimum Gasteiger partial charge on any atom is -0.480 e. The summed E-state index contributed by atoms with van der Waals surface area (Å²) in [5, 5.41) is 8.41. The summed E-state index contributed by atoms with van der Waals surface area (Å²) in [6.45, 7) is 1.58. The van der Waals surface area contributed by atoms with Crippen molar-refractivity contribution in [3.05, 3.63) is 24.0 Å². The number of carbonyl (C=O) groups is 2. The molecule has 1 aliphatic heterocycles. The number of thiocarbonyl (C=S) groups is 1. The standard InChI is InChI=1S/C11H12N2O3S2/c1-6(7-2-3-12-4-7)9-10(16)13(5-8(14)15)11(17)18-9/h2-4,6,9,12H,5H2,1H3,(H,14,15). The van der Waals surface area contributed by atoms with Crippen molar-refractivity contribution in [2.24, 2.45) is 0 Å². The highest BCUT2D eigenvalue weighted by Crippen LogP contribution is 2.36. The lowest BCUT2D eigenvalue weighted by molar-refractivity contribution is -0.141. The second-order valence-corrected chi connectivity index (χ2v) is 5.83. The number of aromatic amines is 1. The molecule has 1 fully saturated rings. The third kappa shape index (κ3) is 2.41. The summed E-state index contributed by atoms with van der Waals surface area (Å²) in [6, 6.07) is 1.90. The largest absolute Gasteiger partial charge is 0.480 e. The number of aliphatic carboxylic acids is 1. The molecule has 1 aromatic rings. The van der Waals surface area contributed by atoms with Crippen molar-refractivity contribution in [3.63, 3.8) is 0 Å². The van der Waals surface area contributed by atoms with E-state index in [1.807, 2.05) is 19.2 Å². The van der Waals surface area contributed by atoms with Crippen LogP contribution in [-0.2, 0) is 9.59 Å². The number of carboxylic acids is 1. The highest BCUT2D eigenvalue weighted by atomic mass is 32.2. The Kier molecular flexibility index (Phi) is 3.72. The monoisotopic (exact) mass is 284 g/mol. The van der Waals surface area contributed by atoms with E-state index >= 15 is 0 Å². The third-order valence-electron chi connectivity index (χ3n) is 2.85. The molecule has 0 bridgehead atoms. The average molecular weight is 284 g/mol. The molecule has 96 valence electrons. The molecule has 2 unspecified atom stereocenters. The number of rotatable bonds is 4. The van der Waals surface area contributed by atoms with Crippen LogP contribution in [0.3, 0.4) is 0 Å². The van der Waals surface area contributed by atoms with Crippen molar-refractivity contribution in [2.75, 3.05) is 6.54 Å². The quantitative estimate of drug-likeness (QED) is 0.818. The summed E-state index contributed by atoms with van der Waals surface area (Å²) >= 11 is 6.32. The number of amides is 1. The predicted octanol–water partition coefficient (Wildman–Crippen LogP) is 1.43. The molecule has 1 aromatic heterocycles. The highest BCUT2D eigenvalue weighted by Gasteiger charge is 2.41. The Morgan fingerprint density at radius 1 is 1.72 bits per heavy atom. The number of aromatic nitrogens is 1.